The Morgan fingerprint density at radius 3 is 2.63 bits per heavy atom. The predicted octanol–water partition coefficient (Wildman–Crippen LogP) is 4.66. The standard InChI is InChI=1S/C19H14FN5OS/c20-15-3-1-14(2-4-15)9-10-26-17-7-5-16(6-8-17)24-19-22-11-18(27-19)25-13-21-12-23-25/h1-13H,(H,22,24)/b10-9+. The van der Waals surface area contributed by atoms with E-state index in [0.29, 0.717) is 5.75 Å². The molecule has 0 bridgehead atoms. The predicted molar refractivity (Wildman–Crippen MR) is 103 cm³/mol. The van der Waals surface area contributed by atoms with Crippen molar-refractivity contribution in [3.8, 4) is 10.8 Å². The number of thiazole rings is 1. The second kappa shape index (κ2) is 7.79. The van der Waals surface area contributed by atoms with E-state index >= 15 is 0 Å². The summed E-state index contributed by atoms with van der Waals surface area (Å²) in [5.74, 6) is 0.436. The number of halogens is 1. The normalized spacial score (nSPS) is 11.0. The molecule has 2 heterocycles. The lowest BCUT2D eigenvalue weighted by molar-refractivity contribution is 0.485. The van der Waals surface area contributed by atoms with Crippen molar-refractivity contribution in [1.82, 2.24) is 19.7 Å². The first-order valence-corrected chi connectivity index (χ1v) is 8.85. The Kier molecular flexibility index (Phi) is 4.88. The van der Waals surface area contributed by atoms with Crippen molar-refractivity contribution in [2.75, 3.05) is 5.32 Å². The number of ether oxygens (including phenoxy) is 1. The highest BCUT2D eigenvalue weighted by molar-refractivity contribution is 7.18. The molecule has 0 spiro atoms. The quantitative estimate of drug-likeness (QED) is 0.494. The van der Waals surface area contributed by atoms with Gasteiger partial charge in [-0.2, -0.15) is 5.10 Å². The maximum atomic E-state index is 12.9. The molecule has 0 atom stereocenters. The highest BCUT2D eigenvalue weighted by atomic mass is 32.1. The number of nitrogens with one attached hydrogen (secondary N) is 1. The van der Waals surface area contributed by atoms with E-state index in [1.165, 1.54) is 29.8 Å². The highest BCUT2D eigenvalue weighted by Gasteiger charge is 2.05. The summed E-state index contributed by atoms with van der Waals surface area (Å²) in [6.07, 6.45) is 8.19. The molecule has 4 rings (SSSR count). The van der Waals surface area contributed by atoms with Gasteiger partial charge in [0.15, 0.2) is 5.13 Å². The average molecular weight is 379 g/mol. The van der Waals surface area contributed by atoms with Crippen molar-refractivity contribution in [2.45, 2.75) is 0 Å². The van der Waals surface area contributed by atoms with Gasteiger partial charge in [-0.1, -0.05) is 23.5 Å². The molecule has 2 aromatic heterocycles. The molecule has 8 heteroatoms. The van der Waals surface area contributed by atoms with Gasteiger partial charge in [0.1, 0.15) is 29.2 Å². The zero-order valence-electron chi connectivity index (χ0n) is 14.0. The molecule has 0 saturated heterocycles. The first kappa shape index (κ1) is 16.9. The summed E-state index contributed by atoms with van der Waals surface area (Å²) in [7, 11) is 0. The van der Waals surface area contributed by atoms with E-state index in [1.807, 2.05) is 24.3 Å². The van der Waals surface area contributed by atoms with Gasteiger partial charge in [0.25, 0.3) is 0 Å². The third-order valence-corrected chi connectivity index (χ3v) is 4.48. The largest absolute Gasteiger partial charge is 0.465 e. The number of hydrogen-bond donors (Lipinski definition) is 1. The number of anilines is 2. The summed E-state index contributed by atoms with van der Waals surface area (Å²) in [4.78, 5) is 8.25. The monoisotopic (exact) mass is 379 g/mol. The van der Waals surface area contributed by atoms with E-state index in [-0.39, 0.29) is 5.82 Å². The summed E-state index contributed by atoms with van der Waals surface area (Å²) in [6, 6.07) is 13.7. The van der Waals surface area contributed by atoms with Gasteiger partial charge in [-0.15, -0.1) is 0 Å². The summed E-state index contributed by atoms with van der Waals surface area (Å²) >= 11 is 1.47. The lowest BCUT2D eigenvalue weighted by Gasteiger charge is -2.04. The highest BCUT2D eigenvalue weighted by Crippen LogP contribution is 2.25. The van der Waals surface area contributed by atoms with Crippen LogP contribution in [0.3, 0.4) is 0 Å². The molecule has 0 aliphatic carbocycles. The van der Waals surface area contributed by atoms with Crippen LogP contribution >= 0.6 is 11.3 Å². The van der Waals surface area contributed by atoms with E-state index in [1.54, 1.807) is 41.7 Å². The van der Waals surface area contributed by atoms with E-state index in [0.717, 1.165) is 21.4 Å². The molecule has 27 heavy (non-hydrogen) atoms. The molecule has 0 aliphatic rings. The van der Waals surface area contributed by atoms with Crippen LogP contribution in [0, 0.1) is 5.82 Å². The van der Waals surface area contributed by atoms with E-state index in [4.69, 9.17) is 4.74 Å². The molecule has 0 unspecified atom stereocenters. The molecule has 0 amide bonds. The molecule has 0 fully saturated rings. The number of rotatable bonds is 6. The molecule has 4 aromatic rings. The third kappa shape index (κ3) is 4.36. The fourth-order valence-corrected chi connectivity index (χ4v) is 3.02. The van der Waals surface area contributed by atoms with Crippen LogP contribution in [-0.4, -0.2) is 19.7 Å². The van der Waals surface area contributed by atoms with Crippen molar-refractivity contribution in [2.24, 2.45) is 0 Å². The number of nitrogens with zero attached hydrogens (tertiary/aromatic N) is 4. The fraction of sp³-hybridized carbons (Fsp3) is 0. The third-order valence-electron chi connectivity index (χ3n) is 3.58. The van der Waals surface area contributed by atoms with Crippen LogP contribution in [-0.2, 0) is 0 Å². The van der Waals surface area contributed by atoms with Crippen molar-refractivity contribution in [3.63, 3.8) is 0 Å². The Morgan fingerprint density at radius 2 is 1.89 bits per heavy atom. The second-order valence-corrected chi connectivity index (χ2v) is 6.47. The maximum Gasteiger partial charge on any atom is 0.189 e. The van der Waals surface area contributed by atoms with Crippen molar-refractivity contribution in [1.29, 1.82) is 0 Å². The summed E-state index contributed by atoms with van der Waals surface area (Å²) in [5, 5.41) is 8.95. The van der Waals surface area contributed by atoms with E-state index < -0.39 is 0 Å². The van der Waals surface area contributed by atoms with E-state index in [9.17, 15) is 4.39 Å². The molecular formula is C19H14FN5OS. The topological polar surface area (TPSA) is 64.9 Å². The number of aromatic nitrogens is 4. The van der Waals surface area contributed by atoms with Crippen LogP contribution in [0.15, 0.2) is 73.6 Å². The maximum absolute atomic E-state index is 12.9. The van der Waals surface area contributed by atoms with Gasteiger partial charge in [0, 0.05) is 5.69 Å². The van der Waals surface area contributed by atoms with Gasteiger partial charge in [-0.25, -0.2) is 19.0 Å². The van der Waals surface area contributed by atoms with Crippen LogP contribution in [0.25, 0.3) is 11.1 Å². The van der Waals surface area contributed by atoms with Gasteiger partial charge in [0.2, 0.25) is 0 Å². The Labute approximate surface area is 158 Å². The molecule has 134 valence electrons. The minimum Gasteiger partial charge on any atom is -0.465 e. The Balaban J connectivity index is 1.35. The Morgan fingerprint density at radius 1 is 1.07 bits per heavy atom. The van der Waals surface area contributed by atoms with Crippen LogP contribution in [0.4, 0.5) is 15.2 Å². The molecule has 0 radical (unpaired) electrons. The van der Waals surface area contributed by atoms with Crippen LogP contribution in [0.5, 0.6) is 5.75 Å². The SMILES string of the molecule is Fc1ccc(/C=C/Oc2ccc(Nc3ncc(-n4cncn4)s3)cc2)cc1. The fourth-order valence-electron chi connectivity index (χ4n) is 2.26. The summed E-state index contributed by atoms with van der Waals surface area (Å²) < 4.78 is 20.1. The van der Waals surface area contributed by atoms with Crippen molar-refractivity contribution >= 4 is 28.2 Å². The lowest BCUT2D eigenvalue weighted by Crippen LogP contribution is -1.89. The van der Waals surface area contributed by atoms with Gasteiger partial charge < -0.3 is 10.1 Å². The lowest BCUT2D eigenvalue weighted by atomic mass is 10.2. The first-order chi connectivity index (χ1) is 13.3. The van der Waals surface area contributed by atoms with Crippen LogP contribution < -0.4 is 10.1 Å². The molecule has 2 aromatic carbocycles. The van der Waals surface area contributed by atoms with Gasteiger partial charge in [-0.3, -0.25) is 0 Å². The van der Waals surface area contributed by atoms with Crippen molar-refractivity contribution in [3.05, 3.63) is 85.0 Å². The Hall–Kier alpha value is -3.52. The average Bonchev–Trinajstić information content (AvgIpc) is 3.36. The second-order valence-electron chi connectivity index (χ2n) is 5.47. The minimum absolute atomic E-state index is 0.259. The van der Waals surface area contributed by atoms with Crippen molar-refractivity contribution < 1.29 is 9.13 Å². The number of benzene rings is 2. The summed E-state index contributed by atoms with van der Waals surface area (Å²) in [5.41, 5.74) is 1.76. The smallest absolute Gasteiger partial charge is 0.189 e. The summed E-state index contributed by atoms with van der Waals surface area (Å²) in [6.45, 7) is 0. The van der Waals surface area contributed by atoms with Gasteiger partial charge >= 0.3 is 0 Å². The first-order valence-electron chi connectivity index (χ1n) is 8.03. The van der Waals surface area contributed by atoms with Gasteiger partial charge in [0.05, 0.1) is 12.5 Å². The number of hydrogen-bond acceptors (Lipinski definition) is 6. The zero-order valence-corrected chi connectivity index (χ0v) is 14.8. The minimum atomic E-state index is -0.259. The molecule has 6 nitrogen and oxygen atoms in total. The zero-order chi connectivity index (χ0) is 18.5. The molecule has 0 aliphatic heterocycles. The van der Waals surface area contributed by atoms with Gasteiger partial charge in [-0.05, 0) is 48.0 Å². The van der Waals surface area contributed by atoms with Crippen LogP contribution in [0.1, 0.15) is 5.56 Å². The Bertz CT molecular complexity index is 1030. The molecule has 0 saturated carbocycles. The molecular weight excluding hydrogens is 365 g/mol. The molecule has 1 N–H and O–H groups in total. The van der Waals surface area contributed by atoms with E-state index in [2.05, 4.69) is 20.4 Å². The van der Waals surface area contributed by atoms with Crippen LogP contribution in [0.2, 0.25) is 0 Å².